The van der Waals surface area contributed by atoms with Crippen LogP contribution in [-0.4, -0.2) is 22.1 Å². The molecule has 0 saturated heterocycles. The highest BCUT2D eigenvalue weighted by Crippen LogP contribution is 2.37. The molecule has 1 aromatic rings. The summed E-state index contributed by atoms with van der Waals surface area (Å²) >= 11 is 0. The van der Waals surface area contributed by atoms with Gasteiger partial charge in [-0.1, -0.05) is 0 Å². The van der Waals surface area contributed by atoms with E-state index in [9.17, 15) is 18.9 Å². The van der Waals surface area contributed by atoms with Crippen LogP contribution in [-0.2, 0) is 6.61 Å². The van der Waals surface area contributed by atoms with Gasteiger partial charge in [0, 0.05) is 0 Å². The van der Waals surface area contributed by atoms with Gasteiger partial charge in [-0.05, 0) is 0 Å². The Morgan fingerprint density at radius 3 is 2.69 bits per heavy atom. The van der Waals surface area contributed by atoms with Gasteiger partial charge in [0.2, 0.25) is 5.75 Å². The Hall–Kier alpha value is -1.83. The Kier molecular flexibility index (Phi) is 3.67. The maximum atomic E-state index is 12.7. The van der Waals surface area contributed by atoms with Crippen molar-refractivity contribution in [1.29, 1.82) is 0 Å². The maximum absolute atomic E-state index is 12.7. The van der Waals surface area contributed by atoms with Gasteiger partial charge in [-0.3, -0.25) is 15.1 Å². The van der Waals surface area contributed by atoms with E-state index in [0.717, 1.165) is 13.3 Å². The van der Waals surface area contributed by atoms with Crippen molar-refractivity contribution in [2.24, 2.45) is 0 Å². The summed E-state index contributed by atoms with van der Waals surface area (Å²) in [6.07, 6.45) is -2.24. The third-order valence-corrected chi connectivity index (χ3v) is 1.90. The zero-order chi connectivity index (χ0) is 12.3. The predicted octanol–water partition coefficient (Wildman–Crippen LogP) is 1.43. The first-order valence-electron chi connectivity index (χ1n) is 4.12. The second-order valence-corrected chi connectivity index (χ2v) is 2.75. The number of halogens is 2. The molecule has 0 amide bonds. The molecular formula is C8H8F2N2O4. The predicted molar refractivity (Wildman–Crippen MR) is 48.3 cm³/mol. The minimum absolute atomic E-state index is 0.336. The lowest BCUT2D eigenvalue weighted by atomic mass is 10.1. The second-order valence-electron chi connectivity index (χ2n) is 2.75. The van der Waals surface area contributed by atoms with Gasteiger partial charge >= 0.3 is 5.69 Å². The van der Waals surface area contributed by atoms with Crippen molar-refractivity contribution in [2.45, 2.75) is 13.0 Å². The van der Waals surface area contributed by atoms with Crippen LogP contribution in [0.25, 0.3) is 0 Å². The first-order chi connectivity index (χ1) is 7.52. The Bertz CT molecular complexity index is 411. The molecule has 0 fully saturated rings. The van der Waals surface area contributed by atoms with E-state index in [4.69, 9.17) is 5.11 Å². The number of rotatable bonds is 4. The molecule has 0 saturated carbocycles. The summed E-state index contributed by atoms with van der Waals surface area (Å²) in [5, 5.41) is 19.3. The van der Waals surface area contributed by atoms with Crippen LogP contribution >= 0.6 is 0 Å². The molecule has 1 N–H and O–H groups in total. The summed E-state index contributed by atoms with van der Waals surface area (Å²) in [6, 6.07) is 0. The number of aromatic nitrogens is 1. The molecule has 0 unspecified atom stereocenters. The quantitative estimate of drug-likeness (QED) is 0.629. The lowest BCUT2D eigenvalue weighted by Crippen LogP contribution is -2.05. The fourth-order valence-electron chi connectivity index (χ4n) is 1.23. The largest absolute Gasteiger partial charge is 0.490 e. The fraction of sp³-hybridized carbons (Fsp3) is 0.375. The van der Waals surface area contributed by atoms with Crippen molar-refractivity contribution in [3.8, 4) is 5.75 Å². The lowest BCUT2D eigenvalue weighted by molar-refractivity contribution is -0.386. The highest BCUT2D eigenvalue weighted by atomic mass is 19.3. The number of alkyl halides is 2. The van der Waals surface area contributed by atoms with E-state index in [1.165, 1.54) is 0 Å². The molecule has 0 aromatic carbocycles. The third-order valence-electron chi connectivity index (χ3n) is 1.90. The third kappa shape index (κ3) is 2.06. The number of methoxy groups -OCH3 is 1. The summed E-state index contributed by atoms with van der Waals surface area (Å²) in [4.78, 5) is 13.1. The molecule has 1 heterocycles. The van der Waals surface area contributed by atoms with E-state index in [-0.39, 0.29) is 5.69 Å². The number of hydrogen-bond donors (Lipinski definition) is 1. The lowest BCUT2D eigenvalue weighted by Gasteiger charge is -2.10. The van der Waals surface area contributed by atoms with Crippen molar-refractivity contribution in [2.75, 3.05) is 7.11 Å². The van der Waals surface area contributed by atoms with Crippen molar-refractivity contribution < 1.29 is 23.5 Å². The number of nitrogens with zero attached hydrogens (tertiary/aromatic N) is 2. The average molecular weight is 234 g/mol. The van der Waals surface area contributed by atoms with Crippen molar-refractivity contribution in [3.63, 3.8) is 0 Å². The zero-order valence-corrected chi connectivity index (χ0v) is 8.18. The van der Waals surface area contributed by atoms with Crippen LogP contribution in [0.2, 0.25) is 0 Å². The summed E-state index contributed by atoms with van der Waals surface area (Å²) in [6.45, 7) is -0.742. The Balaban J connectivity index is 3.49. The van der Waals surface area contributed by atoms with Crippen LogP contribution in [0.1, 0.15) is 17.7 Å². The summed E-state index contributed by atoms with van der Waals surface area (Å²) in [5.74, 6) is -0.570. The van der Waals surface area contributed by atoms with E-state index < -0.39 is 35.0 Å². The van der Waals surface area contributed by atoms with E-state index in [1.807, 2.05) is 0 Å². The highest BCUT2D eigenvalue weighted by molar-refractivity contribution is 5.52. The molecule has 8 heteroatoms. The summed E-state index contributed by atoms with van der Waals surface area (Å²) < 4.78 is 29.9. The van der Waals surface area contributed by atoms with Gasteiger partial charge < -0.3 is 9.84 Å². The van der Waals surface area contributed by atoms with Gasteiger partial charge in [0.15, 0.2) is 0 Å². The molecule has 6 nitrogen and oxygen atoms in total. The molecule has 0 bridgehead atoms. The van der Waals surface area contributed by atoms with Gasteiger partial charge in [0.25, 0.3) is 6.43 Å². The molecule has 1 rings (SSSR count). The van der Waals surface area contributed by atoms with Crippen molar-refractivity contribution in [1.82, 2.24) is 4.98 Å². The monoisotopic (exact) mass is 234 g/mol. The van der Waals surface area contributed by atoms with E-state index in [0.29, 0.717) is 0 Å². The molecule has 0 spiro atoms. The van der Waals surface area contributed by atoms with Crippen molar-refractivity contribution in [3.05, 3.63) is 27.6 Å². The number of aliphatic hydroxyl groups excluding tert-OH is 1. The van der Waals surface area contributed by atoms with Crippen LogP contribution in [0, 0.1) is 10.1 Å². The normalized spacial score (nSPS) is 10.6. The van der Waals surface area contributed by atoms with Crippen LogP contribution in [0.3, 0.4) is 0 Å². The van der Waals surface area contributed by atoms with Gasteiger partial charge in [-0.2, -0.15) is 0 Å². The van der Waals surface area contributed by atoms with E-state index in [2.05, 4.69) is 9.72 Å². The maximum Gasteiger partial charge on any atom is 0.329 e. The van der Waals surface area contributed by atoms with Crippen LogP contribution in [0.15, 0.2) is 6.20 Å². The number of ether oxygens (including phenoxy) is 1. The smallest absolute Gasteiger partial charge is 0.329 e. The molecule has 0 aliphatic carbocycles. The molecule has 16 heavy (non-hydrogen) atoms. The Morgan fingerprint density at radius 2 is 2.31 bits per heavy atom. The number of pyridine rings is 1. The van der Waals surface area contributed by atoms with Crippen molar-refractivity contribution >= 4 is 5.69 Å². The van der Waals surface area contributed by atoms with Gasteiger partial charge in [0.05, 0.1) is 29.9 Å². The molecule has 0 atom stereocenters. The van der Waals surface area contributed by atoms with Gasteiger partial charge in [0.1, 0.15) is 6.20 Å². The average Bonchev–Trinajstić information content (AvgIpc) is 2.26. The fourth-order valence-corrected chi connectivity index (χ4v) is 1.23. The van der Waals surface area contributed by atoms with Crippen LogP contribution in [0.4, 0.5) is 14.5 Å². The minimum Gasteiger partial charge on any atom is -0.490 e. The second kappa shape index (κ2) is 4.79. The summed E-state index contributed by atoms with van der Waals surface area (Å²) in [5.41, 5.74) is -1.74. The van der Waals surface area contributed by atoms with Crippen LogP contribution in [0.5, 0.6) is 5.75 Å². The molecule has 1 aromatic heterocycles. The first-order valence-corrected chi connectivity index (χ1v) is 4.12. The molecule has 0 radical (unpaired) electrons. The topological polar surface area (TPSA) is 85.5 Å². The number of nitro groups is 1. The first kappa shape index (κ1) is 12.2. The Labute approximate surface area is 88.6 Å². The SMILES string of the molecule is COc1c([N+](=O)[O-])cnc(CO)c1C(F)F. The number of aliphatic hydroxyl groups is 1. The molecule has 88 valence electrons. The molecule has 0 aliphatic heterocycles. The minimum atomic E-state index is -3.01. The molecular weight excluding hydrogens is 226 g/mol. The summed E-state index contributed by atoms with van der Waals surface area (Å²) in [7, 11) is 1.04. The zero-order valence-electron chi connectivity index (χ0n) is 8.18. The van der Waals surface area contributed by atoms with Gasteiger partial charge in [-0.25, -0.2) is 8.78 Å². The van der Waals surface area contributed by atoms with Crippen LogP contribution < -0.4 is 4.74 Å². The molecule has 0 aliphatic rings. The van der Waals surface area contributed by atoms with Gasteiger partial charge in [-0.15, -0.1) is 0 Å². The highest BCUT2D eigenvalue weighted by Gasteiger charge is 2.28. The number of hydrogen-bond acceptors (Lipinski definition) is 5. The standard InChI is InChI=1S/C8H8F2N2O4/c1-16-7-5(12(14)15)2-11-4(3-13)6(7)8(9)10/h2,8,13H,3H2,1H3. The Morgan fingerprint density at radius 1 is 1.69 bits per heavy atom. The van der Waals surface area contributed by atoms with E-state index >= 15 is 0 Å². The van der Waals surface area contributed by atoms with E-state index in [1.54, 1.807) is 0 Å².